The highest BCUT2D eigenvalue weighted by atomic mass is 16.6. The molecule has 0 saturated heterocycles. The number of rotatable bonds is 1. The molecule has 0 saturated carbocycles. The molecule has 0 heterocycles. The summed E-state index contributed by atoms with van der Waals surface area (Å²) >= 11 is 0. The van der Waals surface area contributed by atoms with E-state index in [0.717, 1.165) is 30.4 Å². The molecule has 14 heavy (non-hydrogen) atoms. The van der Waals surface area contributed by atoms with Gasteiger partial charge in [0.1, 0.15) is 0 Å². The van der Waals surface area contributed by atoms with E-state index in [2.05, 4.69) is 0 Å². The predicted octanol–water partition coefficient (Wildman–Crippen LogP) is 1.96. The van der Waals surface area contributed by atoms with Gasteiger partial charge < -0.3 is 0 Å². The average molecular weight is 188 g/mol. The lowest BCUT2D eigenvalue weighted by Crippen LogP contribution is -1.96. The lowest BCUT2D eigenvalue weighted by Gasteiger charge is -2.00. The van der Waals surface area contributed by atoms with Crippen LogP contribution >= 0.6 is 0 Å². The van der Waals surface area contributed by atoms with Crippen molar-refractivity contribution in [2.24, 2.45) is 0 Å². The van der Waals surface area contributed by atoms with Crippen molar-refractivity contribution in [2.75, 3.05) is 0 Å². The van der Waals surface area contributed by atoms with Crippen LogP contribution in [0.5, 0.6) is 0 Å². The molecule has 0 spiro atoms. The largest absolute Gasteiger partial charge is 0.274 e. The Morgan fingerprint density at radius 2 is 2.21 bits per heavy atom. The molecule has 0 atom stereocenters. The van der Waals surface area contributed by atoms with Crippen LogP contribution in [-0.4, -0.2) is 4.92 Å². The molecule has 0 bridgehead atoms. The molecule has 0 aliphatic heterocycles. The van der Waals surface area contributed by atoms with E-state index in [1.165, 1.54) is 6.07 Å². The van der Waals surface area contributed by atoms with Crippen LogP contribution in [0.1, 0.15) is 23.1 Å². The number of nitrogens with zero attached hydrogens (tertiary/aromatic N) is 2. The van der Waals surface area contributed by atoms with E-state index in [9.17, 15) is 10.1 Å². The SMILES string of the molecule is N#Cc1cc2c(c([N+](=O)[O-])c1)CCC2. The van der Waals surface area contributed by atoms with Crippen LogP contribution < -0.4 is 0 Å². The summed E-state index contributed by atoms with van der Waals surface area (Å²) in [6, 6.07) is 5.07. The van der Waals surface area contributed by atoms with Crippen LogP contribution in [-0.2, 0) is 12.8 Å². The fourth-order valence-electron chi connectivity index (χ4n) is 1.91. The number of fused-ring (bicyclic) bond motifs is 1. The minimum absolute atomic E-state index is 0.108. The van der Waals surface area contributed by atoms with Crippen molar-refractivity contribution in [3.8, 4) is 6.07 Å². The van der Waals surface area contributed by atoms with Gasteiger partial charge in [0, 0.05) is 11.6 Å². The summed E-state index contributed by atoms with van der Waals surface area (Å²) in [5.41, 5.74) is 2.28. The number of aryl methyl sites for hydroxylation is 1. The molecule has 0 amide bonds. The second-order valence-electron chi connectivity index (χ2n) is 3.36. The molecule has 4 heteroatoms. The van der Waals surface area contributed by atoms with Crippen molar-refractivity contribution in [2.45, 2.75) is 19.3 Å². The van der Waals surface area contributed by atoms with E-state index in [-0.39, 0.29) is 5.69 Å². The van der Waals surface area contributed by atoms with E-state index in [1.54, 1.807) is 6.07 Å². The molecule has 1 aliphatic rings. The van der Waals surface area contributed by atoms with Crippen molar-refractivity contribution in [1.29, 1.82) is 5.26 Å². The van der Waals surface area contributed by atoms with Gasteiger partial charge in [-0.05, 0) is 30.9 Å². The molecular weight excluding hydrogens is 180 g/mol. The van der Waals surface area contributed by atoms with Gasteiger partial charge in [0.15, 0.2) is 0 Å². The summed E-state index contributed by atoms with van der Waals surface area (Å²) in [4.78, 5) is 10.3. The van der Waals surface area contributed by atoms with Crippen molar-refractivity contribution >= 4 is 5.69 Å². The van der Waals surface area contributed by atoms with Gasteiger partial charge in [-0.1, -0.05) is 0 Å². The summed E-state index contributed by atoms with van der Waals surface area (Å²) in [5.74, 6) is 0. The number of hydrogen-bond acceptors (Lipinski definition) is 3. The van der Waals surface area contributed by atoms with E-state index in [0.29, 0.717) is 5.56 Å². The Hall–Kier alpha value is -1.89. The number of hydrogen-bond donors (Lipinski definition) is 0. The van der Waals surface area contributed by atoms with Gasteiger partial charge in [0.25, 0.3) is 5.69 Å². The minimum Gasteiger partial charge on any atom is -0.258 e. The number of benzene rings is 1. The van der Waals surface area contributed by atoms with Gasteiger partial charge >= 0.3 is 0 Å². The van der Waals surface area contributed by atoms with Crippen molar-refractivity contribution < 1.29 is 4.92 Å². The second-order valence-corrected chi connectivity index (χ2v) is 3.36. The highest BCUT2D eigenvalue weighted by Crippen LogP contribution is 2.31. The minimum atomic E-state index is -0.398. The fourth-order valence-corrected chi connectivity index (χ4v) is 1.91. The van der Waals surface area contributed by atoms with Gasteiger partial charge in [-0.2, -0.15) is 5.26 Å². The van der Waals surface area contributed by atoms with Crippen LogP contribution in [0.25, 0.3) is 0 Å². The van der Waals surface area contributed by atoms with Gasteiger partial charge in [-0.15, -0.1) is 0 Å². The maximum Gasteiger partial charge on any atom is 0.274 e. The zero-order chi connectivity index (χ0) is 10.1. The summed E-state index contributed by atoms with van der Waals surface area (Å²) in [6.45, 7) is 0. The molecule has 0 N–H and O–H groups in total. The Bertz CT molecular complexity index is 446. The Morgan fingerprint density at radius 1 is 1.43 bits per heavy atom. The highest BCUT2D eigenvalue weighted by molar-refractivity contribution is 5.53. The monoisotopic (exact) mass is 188 g/mol. The third kappa shape index (κ3) is 1.23. The molecule has 2 rings (SSSR count). The number of nitro benzene ring substituents is 1. The molecule has 0 aromatic heterocycles. The second kappa shape index (κ2) is 3.11. The lowest BCUT2D eigenvalue weighted by atomic mass is 10.0. The van der Waals surface area contributed by atoms with Gasteiger partial charge in [0.2, 0.25) is 0 Å². The number of nitro groups is 1. The van der Waals surface area contributed by atoms with Crippen molar-refractivity contribution in [3.05, 3.63) is 38.9 Å². The smallest absolute Gasteiger partial charge is 0.258 e. The van der Waals surface area contributed by atoms with Crippen LogP contribution in [0.3, 0.4) is 0 Å². The van der Waals surface area contributed by atoms with E-state index < -0.39 is 4.92 Å². The first-order chi connectivity index (χ1) is 6.72. The van der Waals surface area contributed by atoms with Crippen LogP contribution in [0, 0.1) is 21.4 Å². The lowest BCUT2D eigenvalue weighted by molar-refractivity contribution is -0.385. The molecule has 0 radical (unpaired) electrons. The molecule has 0 unspecified atom stereocenters. The Labute approximate surface area is 80.9 Å². The van der Waals surface area contributed by atoms with E-state index in [1.807, 2.05) is 6.07 Å². The van der Waals surface area contributed by atoms with Crippen LogP contribution in [0.2, 0.25) is 0 Å². The molecule has 4 nitrogen and oxygen atoms in total. The summed E-state index contributed by atoms with van der Waals surface area (Å²) in [7, 11) is 0. The molecular formula is C10H8N2O2. The molecule has 0 fully saturated rings. The molecule has 1 aliphatic carbocycles. The maximum absolute atomic E-state index is 10.7. The Kier molecular flexibility index (Phi) is 1.93. The average Bonchev–Trinajstić information content (AvgIpc) is 2.63. The third-order valence-corrected chi connectivity index (χ3v) is 2.52. The standard InChI is InChI=1S/C10H8N2O2/c11-6-7-4-8-2-1-3-9(8)10(5-7)12(13)14/h4-5H,1-3H2. The highest BCUT2D eigenvalue weighted by Gasteiger charge is 2.22. The van der Waals surface area contributed by atoms with E-state index in [4.69, 9.17) is 5.26 Å². The quantitative estimate of drug-likeness (QED) is 0.499. The molecule has 1 aromatic rings. The topological polar surface area (TPSA) is 66.9 Å². The first-order valence-electron chi connectivity index (χ1n) is 4.42. The summed E-state index contributed by atoms with van der Waals surface area (Å²) in [5, 5.41) is 19.4. The Balaban J connectivity index is 2.64. The zero-order valence-corrected chi connectivity index (χ0v) is 7.49. The van der Waals surface area contributed by atoms with Crippen molar-refractivity contribution in [1.82, 2.24) is 0 Å². The van der Waals surface area contributed by atoms with Crippen molar-refractivity contribution in [3.63, 3.8) is 0 Å². The van der Waals surface area contributed by atoms with Crippen LogP contribution in [0.15, 0.2) is 12.1 Å². The first-order valence-corrected chi connectivity index (χ1v) is 4.42. The zero-order valence-electron chi connectivity index (χ0n) is 7.49. The Morgan fingerprint density at radius 3 is 2.86 bits per heavy atom. The molecule has 70 valence electrons. The maximum atomic E-state index is 10.7. The summed E-state index contributed by atoms with van der Waals surface area (Å²) < 4.78 is 0. The summed E-state index contributed by atoms with van der Waals surface area (Å²) in [6.07, 6.45) is 2.56. The van der Waals surface area contributed by atoms with Crippen LogP contribution in [0.4, 0.5) is 5.69 Å². The fraction of sp³-hybridized carbons (Fsp3) is 0.300. The molecule has 1 aromatic carbocycles. The van der Waals surface area contributed by atoms with Gasteiger partial charge in [0.05, 0.1) is 16.6 Å². The number of nitriles is 1. The van der Waals surface area contributed by atoms with E-state index >= 15 is 0 Å². The van der Waals surface area contributed by atoms with Gasteiger partial charge in [-0.3, -0.25) is 10.1 Å². The van der Waals surface area contributed by atoms with Gasteiger partial charge in [-0.25, -0.2) is 0 Å². The normalized spacial score (nSPS) is 13.4. The predicted molar refractivity (Wildman–Crippen MR) is 49.8 cm³/mol. The third-order valence-electron chi connectivity index (χ3n) is 2.52. The first kappa shape index (κ1) is 8.70.